The lowest BCUT2D eigenvalue weighted by atomic mass is 9.75. The largest absolute Gasteiger partial charge is 0.748 e. The minimum atomic E-state index is -5.41. The zero-order valence-electron chi connectivity index (χ0n) is 54.7. The van der Waals surface area contributed by atoms with Crippen LogP contribution in [0.25, 0.3) is 21.5 Å². The molecule has 7 rings (SSSR count). The molecule has 2 amide bonds. The smallest absolute Gasteiger partial charge is 0.335 e. The molecule has 1 fully saturated rings. The standard InChI is InChI=1S/C63H81N3O28S5.CH4/c1-62(20-10-40-95(70,71)72)55(65(22-26-85-3)52-44-54(99(82,83)84)47-14-13-45(96(73,74)75)41-49(47)61(52)62)11-8-6-5-7-9-12-56-63(2,21-25-88-31-34-92-37-36-90-29-28-86-4)60-50-42-46(97(76,77)78)43-53(98(79,80)81)48(50)15-16-51(60)64(56)23-27-89-32-35-93-39-38-91-33-30-87-24-19-59(69)94-66-57(67)17-18-58(66)68;/h5-9,11-16,41-44H,10,17-40H2,1-4H3,(H4-,70,71,72,73,74,75,76,77,78,79,80,81,82,83,84);1H4/p-4. The molecule has 0 radical (unpaired) electrons. The minimum absolute atomic E-state index is 0. The molecule has 3 aliphatic heterocycles. The van der Waals surface area contributed by atoms with E-state index in [2.05, 4.69) is 0 Å². The molecule has 0 aromatic heterocycles. The summed E-state index contributed by atoms with van der Waals surface area (Å²) in [6.07, 6.45) is 10.9. The van der Waals surface area contributed by atoms with E-state index in [1.807, 2.05) is 4.58 Å². The monoisotopic (exact) mass is 1500 g/mol. The number of anilines is 1. The number of nitrogens with zero attached hydrogens (tertiary/aromatic N) is 3. The molecule has 0 bridgehead atoms. The Balaban J connectivity index is 0.0000157. The van der Waals surface area contributed by atoms with Crippen molar-refractivity contribution in [2.75, 3.05) is 144 Å². The minimum Gasteiger partial charge on any atom is -0.748 e. The molecular formula is C64H81N3O28S5-4. The van der Waals surface area contributed by atoms with Crippen molar-refractivity contribution in [2.24, 2.45) is 0 Å². The number of carbonyl (C=O) groups excluding carboxylic acids is 3. The Kier molecular flexibility index (Phi) is 30.3. The Hall–Kier alpha value is -6.37. The summed E-state index contributed by atoms with van der Waals surface area (Å²) in [4.78, 5) is 38.4. The lowest BCUT2D eigenvalue weighted by molar-refractivity contribution is -0.442. The van der Waals surface area contributed by atoms with Gasteiger partial charge in [-0.05, 0) is 97.3 Å². The summed E-state index contributed by atoms with van der Waals surface area (Å²) >= 11 is 0. The first-order valence-electron chi connectivity index (χ1n) is 31.0. The highest BCUT2D eigenvalue weighted by molar-refractivity contribution is 7.87. The van der Waals surface area contributed by atoms with Crippen molar-refractivity contribution >= 4 is 107 Å². The van der Waals surface area contributed by atoms with Crippen LogP contribution in [0, 0.1) is 0 Å². The molecule has 2 atom stereocenters. The average molecular weight is 1500 g/mol. The molecule has 0 aliphatic carbocycles. The molecule has 0 N–H and O–H groups in total. The zero-order chi connectivity index (χ0) is 72.4. The number of amides is 2. The number of ether oxygens (including phenoxy) is 9. The van der Waals surface area contributed by atoms with Crippen molar-refractivity contribution < 1.29 is 131 Å². The number of hydrogen-bond donors (Lipinski definition) is 0. The summed E-state index contributed by atoms with van der Waals surface area (Å²) in [5.74, 6) is -2.81. The first-order chi connectivity index (χ1) is 46.8. The summed E-state index contributed by atoms with van der Waals surface area (Å²) in [7, 11) is -23.1. The van der Waals surface area contributed by atoms with Gasteiger partial charge in [0.05, 0.1) is 134 Å². The second kappa shape index (κ2) is 36.7. The number of fused-ring (bicyclic) bond motifs is 6. The second-order valence-electron chi connectivity index (χ2n) is 23.0. The van der Waals surface area contributed by atoms with Gasteiger partial charge in [0.15, 0.2) is 12.3 Å². The highest BCUT2D eigenvalue weighted by Crippen LogP contribution is 2.55. The molecular weight excluding hydrogens is 1420 g/mol. The topological polar surface area (TPSA) is 439 Å². The van der Waals surface area contributed by atoms with Gasteiger partial charge in [0.2, 0.25) is 5.69 Å². The quantitative estimate of drug-likeness (QED) is 0.0198. The van der Waals surface area contributed by atoms with E-state index in [0.717, 1.165) is 30.3 Å². The first-order valence-corrected chi connectivity index (χ1v) is 38.2. The highest BCUT2D eigenvalue weighted by atomic mass is 32.2. The fourth-order valence-corrected chi connectivity index (χ4v) is 14.8. The summed E-state index contributed by atoms with van der Waals surface area (Å²) in [5, 5.41) is -0.0498. The number of hydrogen-bond acceptors (Lipinski definition) is 29. The Bertz CT molecular complexity index is 4330. The fourth-order valence-electron chi connectivity index (χ4n) is 11.8. The maximum absolute atomic E-state index is 12.9. The van der Waals surface area contributed by atoms with Crippen molar-refractivity contribution in [3.8, 4) is 0 Å². The van der Waals surface area contributed by atoms with Gasteiger partial charge < -0.3 is 75.1 Å². The first kappa shape index (κ1) is 82.6. The normalized spacial score (nSPS) is 18.1. The van der Waals surface area contributed by atoms with Gasteiger partial charge in [-0.25, -0.2) is 46.9 Å². The maximum atomic E-state index is 12.9. The van der Waals surface area contributed by atoms with Crippen LogP contribution in [0.2, 0.25) is 0 Å². The van der Waals surface area contributed by atoms with Gasteiger partial charge in [-0.1, -0.05) is 43.9 Å². The van der Waals surface area contributed by atoms with E-state index in [1.54, 1.807) is 74.5 Å². The molecule has 3 aliphatic rings. The van der Waals surface area contributed by atoms with Crippen LogP contribution in [0.4, 0.5) is 11.4 Å². The predicted octanol–water partition coefficient (Wildman–Crippen LogP) is 4.05. The van der Waals surface area contributed by atoms with E-state index < -0.39 is 105 Å². The number of hydroxylamine groups is 2. The van der Waals surface area contributed by atoms with Crippen molar-refractivity contribution in [3.63, 3.8) is 0 Å². The van der Waals surface area contributed by atoms with Gasteiger partial charge in [-0.3, -0.25) is 9.59 Å². The van der Waals surface area contributed by atoms with Gasteiger partial charge in [-0.15, -0.1) is 5.06 Å². The third kappa shape index (κ3) is 21.8. The van der Waals surface area contributed by atoms with E-state index in [1.165, 1.54) is 13.2 Å². The van der Waals surface area contributed by atoms with Crippen LogP contribution in [-0.4, -0.2) is 237 Å². The van der Waals surface area contributed by atoms with Crippen LogP contribution in [0.15, 0.2) is 116 Å². The number of allylic oxidation sites excluding steroid dienone is 8. The molecule has 1 saturated heterocycles. The lowest BCUT2D eigenvalue weighted by Gasteiger charge is -2.31. The van der Waals surface area contributed by atoms with Crippen LogP contribution in [0.3, 0.4) is 0 Å². The van der Waals surface area contributed by atoms with E-state index in [0.29, 0.717) is 53.6 Å². The number of methoxy groups -OCH3 is 2. The van der Waals surface area contributed by atoms with E-state index in [4.69, 9.17) is 47.5 Å². The number of benzene rings is 4. The predicted molar refractivity (Wildman–Crippen MR) is 354 cm³/mol. The molecule has 554 valence electrons. The maximum Gasteiger partial charge on any atom is 0.335 e. The van der Waals surface area contributed by atoms with E-state index >= 15 is 0 Å². The summed E-state index contributed by atoms with van der Waals surface area (Å²) in [6, 6.07) is 8.43. The third-order valence-electron chi connectivity index (χ3n) is 16.3. The van der Waals surface area contributed by atoms with E-state index in [9.17, 15) is 79.2 Å². The molecule has 31 nitrogen and oxygen atoms in total. The number of carbonyl (C=O) groups is 3. The van der Waals surface area contributed by atoms with Gasteiger partial charge >= 0.3 is 5.97 Å². The third-order valence-corrected chi connectivity index (χ3v) is 20.5. The van der Waals surface area contributed by atoms with E-state index in [-0.39, 0.29) is 178 Å². The van der Waals surface area contributed by atoms with Gasteiger partial charge in [0, 0.05) is 85.9 Å². The average Bonchev–Trinajstić information content (AvgIpc) is 1.50. The number of rotatable bonds is 43. The summed E-state index contributed by atoms with van der Waals surface area (Å²) in [5.41, 5.74) is -0.619. The Morgan fingerprint density at radius 2 is 1.02 bits per heavy atom. The molecule has 4 aromatic carbocycles. The zero-order valence-corrected chi connectivity index (χ0v) is 58.7. The highest BCUT2D eigenvalue weighted by Gasteiger charge is 2.49. The van der Waals surface area contributed by atoms with Crippen LogP contribution >= 0.6 is 0 Å². The molecule has 0 spiro atoms. The molecule has 36 heteroatoms. The van der Waals surface area contributed by atoms with Gasteiger partial charge in [0.1, 0.15) is 47.1 Å². The Morgan fingerprint density at radius 1 is 0.530 bits per heavy atom. The van der Waals surface area contributed by atoms with Crippen LogP contribution in [-0.2, 0) is 123 Å². The Labute approximate surface area is 581 Å². The fraction of sp³-hybridized carbons (Fsp3) is 0.500. The number of imide groups is 1. The van der Waals surface area contributed by atoms with Crippen molar-refractivity contribution in [2.45, 2.75) is 90.2 Å². The molecule has 2 unspecified atom stereocenters. The molecule has 3 heterocycles. The summed E-state index contributed by atoms with van der Waals surface area (Å²) < 4.78 is 241. The van der Waals surface area contributed by atoms with Gasteiger partial charge in [0.25, 0.3) is 11.8 Å². The molecule has 4 aromatic rings. The van der Waals surface area contributed by atoms with Gasteiger partial charge in [-0.2, -0.15) is 4.58 Å². The second-order valence-corrected chi connectivity index (χ2v) is 30.0. The van der Waals surface area contributed by atoms with Crippen LogP contribution in [0.5, 0.6) is 0 Å². The molecule has 100 heavy (non-hydrogen) atoms. The van der Waals surface area contributed by atoms with Crippen molar-refractivity contribution in [1.82, 2.24) is 5.06 Å². The van der Waals surface area contributed by atoms with Crippen molar-refractivity contribution in [1.29, 1.82) is 0 Å². The van der Waals surface area contributed by atoms with Crippen LogP contribution in [0.1, 0.15) is 70.9 Å². The Morgan fingerprint density at radius 3 is 1.57 bits per heavy atom. The molecule has 0 saturated carbocycles. The summed E-state index contributed by atoms with van der Waals surface area (Å²) in [6.45, 7) is 5.98. The van der Waals surface area contributed by atoms with Crippen molar-refractivity contribution in [3.05, 3.63) is 108 Å². The SMILES string of the molecule is C.COCCOCCOCCOCCC1(C)C(C=CC=CC=CC=C2N(CCOC)c3cc(S(=O)(=O)[O-])c4ccc(S(=O)(=O)[O-])cc4c3C2(C)CCCS(=O)(=O)[O-])=[N+](CCOCCOCCOCCOCCC(=O)ON2C(=O)CCC2=O)c2ccc3c(S(=O)(=O)[O-])cc(S(=O)(=O)[O-])cc3c21. The lowest BCUT2D eigenvalue weighted by Crippen LogP contribution is -2.33. The van der Waals surface area contributed by atoms with Crippen LogP contribution < -0.4 is 4.90 Å².